The summed E-state index contributed by atoms with van der Waals surface area (Å²) in [5, 5.41) is 8.58. The van der Waals surface area contributed by atoms with Crippen LogP contribution in [0, 0.1) is 37.5 Å². The Morgan fingerprint density at radius 1 is 0.753 bits per heavy atom. The van der Waals surface area contributed by atoms with Crippen molar-refractivity contribution < 1.29 is 28.6 Å². The molecule has 3 amide bonds. The Bertz CT molecular complexity index is 2930. The lowest BCUT2D eigenvalue weighted by Crippen LogP contribution is -2.37. The number of nitrogens with one attached hydrogen (secondary N) is 3. The number of urea groups is 1. The SMILES string of the molecule is CCCCC(CC)CNC(=O)Nc1cc(=O)n2c(n1)C(C(=O)OC1C(C)CC(C)CC1C)=C(c1ccccc1)C2.COc1cc(=O)n2c(n1)C(C(=O)NCCCOc1ccc(C)cc1C)=C(c1ccccc1)C2. The Labute approximate surface area is 428 Å². The van der Waals surface area contributed by atoms with E-state index in [1.807, 2.05) is 86.6 Å². The van der Waals surface area contributed by atoms with Gasteiger partial charge in [0.25, 0.3) is 17.0 Å². The predicted molar refractivity (Wildman–Crippen MR) is 286 cm³/mol. The van der Waals surface area contributed by atoms with Crippen LogP contribution in [-0.4, -0.2) is 69.9 Å². The van der Waals surface area contributed by atoms with E-state index in [9.17, 15) is 24.0 Å². The number of unbranched alkanes of at least 4 members (excludes halogenated alkanes) is 1. The van der Waals surface area contributed by atoms with Crippen molar-refractivity contribution in [2.75, 3.05) is 32.1 Å². The molecule has 3 aliphatic rings. The summed E-state index contributed by atoms with van der Waals surface area (Å²) < 4.78 is 20.2. The lowest BCUT2D eigenvalue weighted by atomic mass is 9.75. The summed E-state index contributed by atoms with van der Waals surface area (Å²) in [6, 6.07) is 27.4. The first kappa shape index (κ1) is 53.5. The average molecular weight is 994 g/mol. The van der Waals surface area contributed by atoms with Crippen LogP contribution in [0.25, 0.3) is 22.3 Å². The Hall–Kier alpha value is -7.29. The van der Waals surface area contributed by atoms with Crippen LogP contribution in [0.3, 0.4) is 0 Å². The van der Waals surface area contributed by atoms with Crippen LogP contribution in [0.2, 0.25) is 0 Å². The predicted octanol–water partition coefficient (Wildman–Crippen LogP) is 9.50. The Morgan fingerprint density at radius 3 is 1.97 bits per heavy atom. The van der Waals surface area contributed by atoms with Crippen LogP contribution in [-0.2, 0) is 27.4 Å². The molecule has 3 N–H and O–H groups in total. The summed E-state index contributed by atoms with van der Waals surface area (Å²) in [4.78, 5) is 74.6. The van der Waals surface area contributed by atoms with E-state index < -0.39 is 12.0 Å². The third kappa shape index (κ3) is 13.2. The molecule has 1 fully saturated rings. The second kappa shape index (κ2) is 24.9. The van der Waals surface area contributed by atoms with Gasteiger partial charge in [-0.15, -0.1) is 0 Å². The minimum atomic E-state index is -0.474. The highest BCUT2D eigenvalue weighted by atomic mass is 16.5. The highest BCUT2D eigenvalue weighted by molar-refractivity contribution is 6.27. The molecule has 3 atom stereocenters. The number of carbonyl (C=O) groups excluding carboxylic acids is 3. The largest absolute Gasteiger partial charge is 0.493 e. The van der Waals surface area contributed by atoms with Gasteiger partial charge in [-0.25, -0.2) is 14.6 Å². The molecule has 2 aromatic heterocycles. The van der Waals surface area contributed by atoms with Crippen molar-refractivity contribution in [2.24, 2.45) is 23.7 Å². The maximum Gasteiger partial charge on any atom is 0.342 e. The lowest BCUT2D eigenvalue weighted by molar-refractivity contribution is -0.150. The number of benzene rings is 3. The summed E-state index contributed by atoms with van der Waals surface area (Å²) >= 11 is 0. The number of carbonyl (C=O) groups is 3. The number of methoxy groups -OCH3 is 1. The molecule has 3 aromatic carbocycles. The second-order valence-corrected chi connectivity index (χ2v) is 19.8. The number of amides is 3. The topological polar surface area (TPSA) is 185 Å². The summed E-state index contributed by atoms with van der Waals surface area (Å²) in [6.07, 6.45) is 6.72. The van der Waals surface area contributed by atoms with Crippen LogP contribution in [0.4, 0.5) is 10.6 Å². The third-order valence-electron chi connectivity index (χ3n) is 14.0. The van der Waals surface area contributed by atoms with E-state index in [-0.39, 0.29) is 71.2 Å². The smallest absolute Gasteiger partial charge is 0.342 e. The van der Waals surface area contributed by atoms with E-state index in [2.05, 4.69) is 66.6 Å². The van der Waals surface area contributed by atoms with Crippen molar-refractivity contribution in [3.05, 3.63) is 146 Å². The number of anilines is 1. The number of aromatic nitrogens is 4. The van der Waals surface area contributed by atoms with Gasteiger partial charge in [-0.05, 0) is 97.1 Å². The molecule has 3 unspecified atom stereocenters. The summed E-state index contributed by atoms with van der Waals surface area (Å²) in [6.45, 7) is 16.8. The Morgan fingerprint density at radius 2 is 1.37 bits per heavy atom. The number of hydrogen-bond donors (Lipinski definition) is 3. The van der Waals surface area contributed by atoms with Gasteiger partial charge in [-0.1, -0.05) is 132 Å². The number of rotatable bonds is 18. The molecule has 15 heteroatoms. The molecule has 386 valence electrons. The maximum atomic E-state index is 13.8. The van der Waals surface area contributed by atoms with Gasteiger partial charge in [-0.2, -0.15) is 4.98 Å². The molecule has 1 saturated carbocycles. The number of allylic oxidation sites excluding steroid dienone is 2. The molecule has 1 aliphatic carbocycles. The van der Waals surface area contributed by atoms with Gasteiger partial charge in [0.2, 0.25) is 5.88 Å². The van der Waals surface area contributed by atoms with Crippen LogP contribution in [0.1, 0.15) is 113 Å². The van der Waals surface area contributed by atoms with E-state index >= 15 is 0 Å². The highest BCUT2D eigenvalue weighted by Crippen LogP contribution is 2.39. The molecule has 0 saturated heterocycles. The van der Waals surface area contributed by atoms with Crippen LogP contribution in [0.5, 0.6) is 11.6 Å². The normalized spacial score (nSPS) is 18.2. The Kier molecular flexibility index (Phi) is 18.2. The molecule has 0 spiro atoms. The van der Waals surface area contributed by atoms with Gasteiger partial charge in [0.05, 0.1) is 38.4 Å². The number of hydrogen-bond acceptors (Lipinski definition) is 10. The van der Waals surface area contributed by atoms with E-state index in [1.165, 1.54) is 33.9 Å². The summed E-state index contributed by atoms with van der Waals surface area (Å²) in [7, 11) is 1.45. The zero-order chi connectivity index (χ0) is 52.2. The molecule has 4 heterocycles. The number of ether oxygens (including phenoxy) is 3. The zero-order valence-electron chi connectivity index (χ0n) is 43.6. The lowest BCUT2D eigenvalue weighted by Gasteiger charge is -2.37. The van der Waals surface area contributed by atoms with E-state index in [4.69, 9.17) is 14.2 Å². The molecule has 5 aromatic rings. The molecular formula is C58H71N7O8. The van der Waals surface area contributed by atoms with E-state index in [0.29, 0.717) is 54.9 Å². The molecule has 2 aliphatic heterocycles. The van der Waals surface area contributed by atoms with E-state index in [0.717, 1.165) is 66.5 Å². The third-order valence-corrected chi connectivity index (χ3v) is 14.0. The summed E-state index contributed by atoms with van der Waals surface area (Å²) in [5.41, 5.74) is 5.55. The van der Waals surface area contributed by atoms with Crippen molar-refractivity contribution in [1.29, 1.82) is 0 Å². The first-order valence-electron chi connectivity index (χ1n) is 25.8. The van der Waals surface area contributed by atoms with Crippen molar-refractivity contribution in [3.8, 4) is 11.6 Å². The summed E-state index contributed by atoms with van der Waals surface area (Å²) in [5.74, 6) is 2.41. The maximum absolute atomic E-state index is 13.8. The van der Waals surface area contributed by atoms with Crippen LogP contribution < -0.4 is 36.5 Å². The fourth-order valence-electron chi connectivity index (χ4n) is 10.3. The number of esters is 1. The standard InChI is InChI=1S/C32H44N4O4.C26H27N3O4/c1-6-8-12-23(7-2)18-33-32(39)35-26-17-27(37)36-19-25(24-13-10-9-11-14-24)28(30(36)34-26)31(38)40-29-21(4)15-20(3)16-22(29)5;1-17-10-11-21(18(2)14-17)33-13-7-12-27-26(31)24-20(19-8-5-4-6-9-19)16-29-23(30)15-22(32-3)28-25(24)29/h9-11,13-14,17,20-23,29H,6-8,12,15-16,18-19H2,1-5H3,(H2,33,35,39);4-6,8-11,14-15H,7,12-13,16H2,1-3H3,(H,27,31). The van der Waals surface area contributed by atoms with Gasteiger partial charge in [0.1, 0.15) is 23.2 Å². The zero-order valence-corrected chi connectivity index (χ0v) is 43.6. The van der Waals surface area contributed by atoms with Gasteiger partial charge < -0.3 is 24.8 Å². The number of nitrogens with zero attached hydrogens (tertiary/aromatic N) is 4. The fourth-order valence-corrected chi connectivity index (χ4v) is 10.3. The average Bonchev–Trinajstić information content (AvgIpc) is 3.97. The van der Waals surface area contributed by atoms with Crippen LogP contribution in [0.15, 0.2) is 101 Å². The fraction of sp³-hybridized carbons (Fsp3) is 0.431. The van der Waals surface area contributed by atoms with Gasteiger partial charge in [0.15, 0.2) is 11.6 Å². The molecule has 73 heavy (non-hydrogen) atoms. The molecule has 0 radical (unpaired) electrons. The van der Waals surface area contributed by atoms with Crippen LogP contribution >= 0.6 is 0 Å². The molecule has 8 rings (SSSR count). The van der Waals surface area contributed by atoms with Crippen molar-refractivity contribution in [1.82, 2.24) is 29.7 Å². The number of fused-ring (bicyclic) bond motifs is 2. The molecule has 0 bridgehead atoms. The van der Waals surface area contributed by atoms with Gasteiger partial charge >= 0.3 is 12.0 Å². The number of aryl methyl sites for hydroxylation is 2. The Balaban J connectivity index is 0.000000218. The van der Waals surface area contributed by atoms with Crippen molar-refractivity contribution >= 4 is 46.0 Å². The van der Waals surface area contributed by atoms with Crippen molar-refractivity contribution in [3.63, 3.8) is 0 Å². The first-order valence-corrected chi connectivity index (χ1v) is 25.8. The van der Waals surface area contributed by atoms with E-state index in [1.54, 1.807) is 0 Å². The molecule has 15 nitrogen and oxygen atoms in total. The molecular weight excluding hydrogens is 923 g/mol. The minimum absolute atomic E-state index is 0.114. The first-order chi connectivity index (χ1) is 35.2. The highest BCUT2D eigenvalue weighted by Gasteiger charge is 2.38. The second-order valence-electron chi connectivity index (χ2n) is 19.8. The van der Waals surface area contributed by atoms with Crippen molar-refractivity contribution in [2.45, 2.75) is 113 Å². The quantitative estimate of drug-likeness (QED) is 0.0564. The monoisotopic (exact) mass is 994 g/mol. The minimum Gasteiger partial charge on any atom is -0.493 e. The van der Waals surface area contributed by atoms with Gasteiger partial charge in [0, 0.05) is 19.2 Å². The van der Waals surface area contributed by atoms with Gasteiger partial charge in [-0.3, -0.25) is 28.8 Å².